The van der Waals surface area contributed by atoms with Crippen LogP contribution in [0.15, 0.2) is 12.2 Å². The molecule has 0 aliphatic carbocycles. The zero-order valence-corrected chi connectivity index (χ0v) is 40.2. The van der Waals surface area contributed by atoms with Gasteiger partial charge in [-0.15, -0.1) is 0 Å². The predicted molar refractivity (Wildman–Crippen MR) is 249 cm³/mol. The first-order chi connectivity index (χ1) is 28.0. The van der Waals surface area contributed by atoms with E-state index >= 15 is 0 Å². The van der Waals surface area contributed by atoms with Gasteiger partial charge in [0.25, 0.3) is 0 Å². The standard InChI is InChI=1S/C49H99N2O6P/c1-6-8-10-12-14-16-18-20-22-24-25-27-29-31-33-35-37-39-41-43-49(53)50-47(46-57-58(54,55)56-45-44-51(3,4)5)48(52)42-40-38-36-34-32-30-28-26-23-21-19-17-15-13-11-9-7-2/h40,42,47-48,52H,6-39,41,43-46H2,1-5H3,(H-,50,53,54,55)/p+1/b42-40+/t47-,48+/m0/s1. The summed E-state index contributed by atoms with van der Waals surface area (Å²) < 4.78 is 23.6. The molecule has 1 unspecified atom stereocenters. The maximum atomic E-state index is 12.9. The molecular weight excluding hydrogens is 744 g/mol. The Morgan fingerprint density at radius 3 is 1.28 bits per heavy atom. The van der Waals surface area contributed by atoms with E-state index in [9.17, 15) is 19.4 Å². The number of rotatable bonds is 46. The number of aliphatic hydroxyl groups excluding tert-OH is 1. The molecule has 58 heavy (non-hydrogen) atoms. The number of carbonyl (C=O) groups is 1. The molecule has 0 rings (SSSR count). The zero-order chi connectivity index (χ0) is 42.8. The number of nitrogens with zero attached hydrogens (tertiary/aromatic N) is 1. The molecule has 0 saturated carbocycles. The Balaban J connectivity index is 4.30. The second-order valence-corrected chi connectivity index (χ2v) is 20.0. The highest BCUT2D eigenvalue weighted by molar-refractivity contribution is 7.47. The van der Waals surface area contributed by atoms with Gasteiger partial charge in [-0.2, -0.15) is 0 Å². The lowest BCUT2D eigenvalue weighted by Crippen LogP contribution is -2.45. The Morgan fingerprint density at radius 2 is 0.914 bits per heavy atom. The molecule has 0 aromatic rings. The maximum absolute atomic E-state index is 12.9. The zero-order valence-electron chi connectivity index (χ0n) is 39.3. The number of unbranched alkanes of at least 4 members (excludes halogenated alkanes) is 33. The molecule has 0 saturated heterocycles. The molecule has 346 valence electrons. The molecule has 0 aromatic heterocycles. The van der Waals surface area contributed by atoms with E-state index in [4.69, 9.17) is 9.05 Å². The summed E-state index contributed by atoms with van der Waals surface area (Å²) in [5.74, 6) is -0.172. The van der Waals surface area contributed by atoms with Crippen LogP contribution in [0.1, 0.15) is 245 Å². The Labute approximate surface area is 361 Å². The minimum absolute atomic E-state index is 0.0649. The SMILES string of the molecule is CCCCCCCCCCCCCCCCC/C=C/[C@@H](O)[C@H](COP(=O)(O)OCC[N+](C)(C)C)NC(=O)CCCCCCCCCCCCCCCCCCCCC. The van der Waals surface area contributed by atoms with Crippen molar-refractivity contribution in [3.63, 3.8) is 0 Å². The normalized spacial score (nSPS) is 14.3. The third-order valence-corrected chi connectivity index (χ3v) is 12.5. The van der Waals surface area contributed by atoms with Gasteiger partial charge in [0.1, 0.15) is 13.2 Å². The van der Waals surface area contributed by atoms with Crippen LogP contribution in [0.25, 0.3) is 0 Å². The second kappa shape index (κ2) is 41.6. The molecule has 0 aliphatic rings. The molecular formula is C49H100N2O6P+. The molecule has 0 bridgehead atoms. The lowest BCUT2D eigenvalue weighted by molar-refractivity contribution is -0.870. The highest BCUT2D eigenvalue weighted by Gasteiger charge is 2.27. The Morgan fingerprint density at radius 1 is 0.569 bits per heavy atom. The van der Waals surface area contributed by atoms with Crippen LogP contribution >= 0.6 is 7.82 Å². The lowest BCUT2D eigenvalue weighted by atomic mass is 10.0. The number of phosphoric ester groups is 1. The average molecular weight is 844 g/mol. The first-order valence-electron chi connectivity index (χ1n) is 25.1. The molecule has 0 spiro atoms. The van der Waals surface area contributed by atoms with Crippen molar-refractivity contribution in [1.29, 1.82) is 0 Å². The third-order valence-electron chi connectivity index (χ3n) is 11.5. The van der Waals surface area contributed by atoms with E-state index in [1.165, 1.54) is 193 Å². The molecule has 9 heteroatoms. The number of phosphoric acid groups is 1. The topological polar surface area (TPSA) is 105 Å². The van der Waals surface area contributed by atoms with Gasteiger partial charge in [-0.1, -0.05) is 231 Å². The largest absolute Gasteiger partial charge is 0.472 e. The first kappa shape index (κ1) is 57.2. The Hall–Kier alpha value is -0.760. The van der Waals surface area contributed by atoms with Crippen molar-refractivity contribution in [1.82, 2.24) is 5.32 Å². The number of carbonyl (C=O) groups excluding carboxylic acids is 1. The van der Waals surface area contributed by atoms with Crippen molar-refractivity contribution in [2.24, 2.45) is 0 Å². The number of nitrogens with one attached hydrogen (secondary N) is 1. The summed E-state index contributed by atoms with van der Waals surface area (Å²) in [6, 6.07) is -0.840. The van der Waals surface area contributed by atoms with Gasteiger partial charge >= 0.3 is 7.82 Å². The Bertz CT molecular complexity index is 958. The van der Waals surface area contributed by atoms with Crippen LogP contribution in [0.3, 0.4) is 0 Å². The monoisotopic (exact) mass is 844 g/mol. The van der Waals surface area contributed by atoms with Gasteiger partial charge in [0.2, 0.25) is 5.91 Å². The van der Waals surface area contributed by atoms with Gasteiger partial charge in [-0.3, -0.25) is 13.8 Å². The number of quaternary nitrogens is 1. The van der Waals surface area contributed by atoms with Crippen molar-refractivity contribution in [2.75, 3.05) is 40.9 Å². The smallest absolute Gasteiger partial charge is 0.387 e. The number of allylic oxidation sites excluding steroid dienone is 1. The fourth-order valence-electron chi connectivity index (χ4n) is 7.51. The molecule has 3 atom stereocenters. The van der Waals surface area contributed by atoms with Crippen molar-refractivity contribution in [2.45, 2.75) is 257 Å². The van der Waals surface area contributed by atoms with Crippen LogP contribution in [0, 0.1) is 0 Å². The summed E-state index contributed by atoms with van der Waals surface area (Å²) >= 11 is 0. The molecule has 1 amide bonds. The summed E-state index contributed by atoms with van der Waals surface area (Å²) in [6.45, 7) is 4.85. The molecule has 3 N–H and O–H groups in total. The van der Waals surface area contributed by atoms with E-state index in [1.54, 1.807) is 6.08 Å². The van der Waals surface area contributed by atoms with Crippen molar-refractivity contribution in [3.8, 4) is 0 Å². The molecule has 0 radical (unpaired) electrons. The highest BCUT2D eigenvalue weighted by atomic mass is 31.2. The number of likely N-dealkylation sites (N-methyl/N-ethyl adjacent to an activating group) is 1. The van der Waals surface area contributed by atoms with Crippen LogP contribution in [-0.4, -0.2) is 73.4 Å². The number of aliphatic hydroxyl groups is 1. The van der Waals surface area contributed by atoms with Gasteiger partial charge in [0, 0.05) is 6.42 Å². The quantitative estimate of drug-likeness (QED) is 0.0244. The van der Waals surface area contributed by atoms with Crippen LogP contribution in [0.2, 0.25) is 0 Å². The minimum Gasteiger partial charge on any atom is -0.387 e. The summed E-state index contributed by atoms with van der Waals surface area (Å²) in [6.07, 6.45) is 48.5. The van der Waals surface area contributed by atoms with E-state index in [-0.39, 0.29) is 19.1 Å². The fraction of sp³-hybridized carbons (Fsp3) is 0.939. The minimum atomic E-state index is -4.34. The van der Waals surface area contributed by atoms with E-state index < -0.39 is 20.0 Å². The lowest BCUT2D eigenvalue weighted by Gasteiger charge is -2.25. The van der Waals surface area contributed by atoms with Crippen LogP contribution < -0.4 is 5.32 Å². The summed E-state index contributed by atoms with van der Waals surface area (Å²) in [5.41, 5.74) is 0. The number of amides is 1. The van der Waals surface area contributed by atoms with Crippen LogP contribution in [0.5, 0.6) is 0 Å². The fourth-order valence-corrected chi connectivity index (χ4v) is 8.25. The predicted octanol–water partition coefficient (Wildman–Crippen LogP) is 14.3. The number of hydrogen-bond acceptors (Lipinski definition) is 5. The van der Waals surface area contributed by atoms with E-state index in [0.717, 1.165) is 32.1 Å². The second-order valence-electron chi connectivity index (χ2n) is 18.6. The molecule has 0 heterocycles. The van der Waals surface area contributed by atoms with E-state index in [1.807, 2.05) is 27.2 Å². The summed E-state index contributed by atoms with van der Waals surface area (Å²) in [5, 5.41) is 13.9. The molecule has 8 nitrogen and oxygen atoms in total. The maximum Gasteiger partial charge on any atom is 0.472 e. The van der Waals surface area contributed by atoms with E-state index in [2.05, 4.69) is 19.2 Å². The molecule has 0 aliphatic heterocycles. The third kappa shape index (κ3) is 43.3. The highest BCUT2D eigenvalue weighted by Crippen LogP contribution is 2.43. The summed E-state index contributed by atoms with van der Waals surface area (Å²) in [4.78, 5) is 23.2. The first-order valence-corrected chi connectivity index (χ1v) is 26.6. The van der Waals surface area contributed by atoms with Gasteiger partial charge in [-0.05, 0) is 19.3 Å². The van der Waals surface area contributed by atoms with Crippen molar-refractivity contribution in [3.05, 3.63) is 12.2 Å². The van der Waals surface area contributed by atoms with Crippen molar-refractivity contribution < 1.29 is 32.9 Å². The molecule has 0 fully saturated rings. The van der Waals surface area contributed by atoms with Crippen LogP contribution in [0.4, 0.5) is 0 Å². The van der Waals surface area contributed by atoms with Gasteiger partial charge in [0.15, 0.2) is 0 Å². The van der Waals surface area contributed by atoms with Crippen LogP contribution in [-0.2, 0) is 18.4 Å². The summed E-state index contributed by atoms with van der Waals surface area (Å²) in [7, 11) is 1.59. The average Bonchev–Trinajstić information content (AvgIpc) is 3.17. The molecule has 0 aromatic carbocycles. The number of hydrogen-bond donors (Lipinski definition) is 3. The van der Waals surface area contributed by atoms with Gasteiger partial charge in [-0.25, -0.2) is 4.57 Å². The van der Waals surface area contributed by atoms with Gasteiger partial charge < -0.3 is 19.8 Å². The van der Waals surface area contributed by atoms with Gasteiger partial charge in [0.05, 0.1) is 39.9 Å². The Kier molecular flexibility index (Phi) is 41.0. The van der Waals surface area contributed by atoms with E-state index in [0.29, 0.717) is 17.4 Å². The van der Waals surface area contributed by atoms with Crippen molar-refractivity contribution >= 4 is 13.7 Å².